The van der Waals surface area contributed by atoms with Crippen LogP contribution in [0.3, 0.4) is 0 Å². The van der Waals surface area contributed by atoms with Crippen LogP contribution in [0.15, 0.2) is 30.3 Å². The first-order valence-electron chi connectivity index (χ1n) is 4.46. The van der Waals surface area contributed by atoms with Crippen LogP contribution in [0.25, 0.3) is 0 Å². The molecule has 5 nitrogen and oxygen atoms in total. The minimum Gasteiger partial charge on any atom is -0.434 e. The van der Waals surface area contributed by atoms with Gasteiger partial charge in [-0.2, -0.15) is 9.18 Å². The Hall–Kier alpha value is -1.02. The summed E-state index contributed by atoms with van der Waals surface area (Å²) in [5.41, 5.74) is 4.98. The fourth-order valence-electron chi connectivity index (χ4n) is 1.26. The van der Waals surface area contributed by atoms with E-state index in [0.29, 0.717) is 0 Å². The zero-order chi connectivity index (χ0) is 14.0. The molecule has 0 aromatic heterocycles. The monoisotopic (exact) mass is 313 g/mol. The number of imide groups is 1. The number of carboxylic acid groups (broad SMARTS) is 1. The van der Waals surface area contributed by atoms with E-state index in [1.54, 1.807) is 6.07 Å². The van der Waals surface area contributed by atoms with Crippen molar-refractivity contribution < 1.29 is 19.1 Å². The molecule has 0 saturated heterocycles. The van der Waals surface area contributed by atoms with Gasteiger partial charge in [-0.1, -0.05) is 18.2 Å². The first-order valence-corrected chi connectivity index (χ1v) is 5.99. The molecule has 0 bridgehead atoms. The van der Waals surface area contributed by atoms with Crippen LogP contribution in [0.2, 0.25) is 0 Å². The summed E-state index contributed by atoms with van der Waals surface area (Å²) in [6.07, 6.45) is -1.71. The van der Waals surface area contributed by atoms with Crippen molar-refractivity contribution in [3.63, 3.8) is 0 Å². The van der Waals surface area contributed by atoms with Gasteiger partial charge in [0.15, 0.2) is 17.6 Å². The van der Waals surface area contributed by atoms with Gasteiger partial charge >= 0.3 is 16.0 Å². The standard InChI is InChI=1S/C9H7Cl2FN2O3S/c10-9(11,12)18-14(7(13)15,8(16)17)6-4-2-1-3-5-6/h1-5H,(H2-,13,15,16,17)/p+1. The second-order valence-corrected chi connectivity index (χ2v) is 6.08. The van der Waals surface area contributed by atoms with Crippen molar-refractivity contribution in [2.24, 2.45) is 5.73 Å². The van der Waals surface area contributed by atoms with Crippen LogP contribution in [0.4, 0.5) is 19.7 Å². The van der Waals surface area contributed by atoms with Crippen LogP contribution in [-0.2, 0) is 0 Å². The van der Waals surface area contributed by atoms with Crippen LogP contribution in [0.1, 0.15) is 0 Å². The third-order valence-electron chi connectivity index (χ3n) is 1.94. The van der Waals surface area contributed by atoms with Gasteiger partial charge in [-0.05, 0) is 27.1 Å². The molecule has 0 heterocycles. The number of hydrogen-bond donors (Lipinski definition) is 2. The fraction of sp³-hybridized carbons (Fsp3) is 0.111. The molecule has 9 heteroatoms. The lowest BCUT2D eigenvalue weighted by molar-refractivity contribution is 0.175. The molecule has 0 fully saturated rings. The molecule has 3 N–H and O–H groups in total. The number of nitrogens with two attached hydrogens (primary N) is 1. The van der Waals surface area contributed by atoms with E-state index in [9.17, 15) is 19.1 Å². The lowest BCUT2D eigenvalue weighted by atomic mass is 10.3. The Morgan fingerprint density at radius 1 is 1.33 bits per heavy atom. The minimum absolute atomic E-state index is 0.0779. The molecule has 0 aliphatic heterocycles. The molecule has 1 atom stereocenters. The number of quaternary nitrogens is 1. The number of primary amides is 1. The second kappa shape index (κ2) is 5.31. The van der Waals surface area contributed by atoms with Gasteiger partial charge < -0.3 is 10.8 Å². The first kappa shape index (κ1) is 15.0. The maximum Gasteiger partial charge on any atom is 0.540 e. The van der Waals surface area contributed by atoms with E-state index in [2.05, 4.69) is 0 Å². The summed E-state index contributed by atoms with van der Waals surface area (Å²) < 4.78 is 8.69. The van der Waals surface area contributed by atoms with Crippen molar-refractivity contribution >= 4 is 53.0 Å². The summed E-state index contributed by atoms with van der Waals surface area (Å²) >= 11 is 10.1. The molecule has 0 spiro atoms. The number of alkyl halides is 3. The van der Waals surface area contributed by atoms with E-state index in [1.165, 1.54) is 24.3 Å². The van der Waals surface area contributed by atoms with Gasteiger partial charge in [-0.25, -0.2) is 4.79 Å². The summed E-state index contributed by atoms with van der Waals surface area (Å²) in [6, 6.07) is 5.79. The van der Waals surface area contributed by atoms with Crippen molar-refractivity contribution in [3.05, 3.63) is 30.3 Å². The molecule has 98 valence electrons. The summed E-state index contributed by atoms with van der Waals surface area (Å²) in [6.45, 7) is 0. The van der Waals surface area contributed by atoms with Crippen molar-refractivity contribution in [2.75, 3.05) is 0 Å². The zero-order valence-electron chi connectivity index (χ0n) is 8.72. The maximum absolute atomic E-state index is 13.3. The molecule has 18 heavy (non-hydrogen) atoms. The summed E-state index contributed by atoms with van der Waals surface area (Å²) in [5, 5.41) is 9.18. The van der Waals surface area contributed by atoms with Crippen LogP contribution in [-0.4, -0.2) is 21.2 Å². The Morgan fingerprint density at radius 3 is 2.17 bits per heavy atom. The Kier molecular flexibility index (Phi) is 4.44. The number of carbonyl (C=O) groups is 2. The molecule has 1 aromatic rings. The van der Waals surface area contributed by atoms with Crippen LogP contribution in [0, 0.1) is 0 Å². The SMILES string of the molecule is NC(=O)[N+](SC(F)(Cl)Cl)(C(=O)O)c1ccccc1. The third kappa shape index (κ3) is 3.05. The molecular formula is C9H8Cl2FN2O3S+. The number of amides is 3. The average Bonchev–Trinajstić information content (AvgIpc) is 2.25. The Bertz CT molecular complexity index is 453. The normalized spacial score (nSPS) is 14.8. The summed E-state index contributed by atoms with van der Waals surface area (Å²) in [4.78, 5) is 22.8. The lowest BCUT2D eigenvalue weighted by Crippen LogP contribution is -2.56. The molecule has 0 saturated carbocycles. The van der Waals surface area contributed by atoms with Gasteiger partial charge in [0.2, 0.25) is 0 Å². The van der Waals surface area contributed by atoms with Gasteiger partial charge in [0, 0.05) is 12.1 Å². The van der Waals surface area contributed by atoms with Gasteiger partial charge in [-0.15, -0.1) is 0 Å². The molecule has 0 aliphatic rings. The zero-order valence-corrected chi connectivity index (χ0v) is 11.0. The number of carbonyl (C=O) groups excluding carboxylic acids is 1. The smallest absolute Gasteiger partial charge is 0.434 e. The predicted octanol–water partition coefficient (Wildman–Crippen LogP) is 3.46. The van der Waals surface area contributed by atoms with Crippen LogP contribution < -0.4 is 9.62 Å². The van der Waals surface area contributed by atoms with Gasteiger partial charge in [0.1, 0.15) is 0 Å². The lowest BCUT2D eigenvalue weighted by Gasteiger charge is -2.26. The quantitative estimate of drug-likeness (QED) is 0.509. The topological polar surface area (TPSA) is 80.4 Å². The Balaban J connectivity index is 3.41. The van der Waals surface area contributed by atoms with E-state index in [4.69, 9.17) is 28.9 Å². The van der Waals surface area contributed by atoms with E-state index < -0.39 is 19.9 Å². The van der Waals surface area contributed by atoms with Gasteiger partial charge in [-0.3, -0.25) is 0 Å². The van der Waals surface area contributed by atoms with E-state index in [0.717, 1.165) is 0 Å². The highest BCUT2D eigenvalue weighted by atomic mass is 35.5. The first-order chi connectivity index (χ1) is 8.20. The number of halogens is 3. The van der Waals surface area contributed by atoms with Crippen molar-refractivity contribution in [2.45, 2.75) is 3.92 Å². The van der Waals surface area contributed by atoms with E-state index >= 15 is 0 Å². The van der Waals surface area contributed by atoms with E-state index in [-0.39, 0.29) is 17.6 Å². The number of urea groups is 1. The predicted molar refractivity (Wildman–Crippen MR) is 69.0 cm³/mol. The fourth-order valence-corrected chi connectivity index (χ4v) is 2.59. The molecule has 0 aliphatic carbocycles. The Morgan fingerprint density at radius 2 is 1.83 bits per heavy atom. The number of hydrogen-bond acceptors (Lipinski definition) is 3. The second-order valence-electron chi connectivity index (χ2n) is 3.10. The molecule has 0 radical (unpaired) electrons. The summed E-state index contributed by atoms with van der Waals surface area (Å²) in [5.74, 6) is 0. The van der Waals surface area contributed by atoms with Crippen molar-refractivity contribution in [1.29, 1.82) is 0 Å². The molecular weight excluding hydrogens is 306 g/mol. The highest BCUT2D eigenvalue weighted by Crippen LogP contribution is 2.46. The molecule has 3 amide bonds. The maximum atomic E-state index is 13.3. The average molecular weight is 314 g/mol. The molecule has 1 rings (SSSR count). The van der Waals surface area contributed by atoms with Crippen LogP contribution in [0.5, 0.6) is 0 Å². The summed E-state index contributed by atoms with van der Waals surface area (Å²) in [7, 11) is 0. The highest BCUT2D eigenvalue weighted by Gasteiger charge is 2.55. The van der Waals surface area contributed by atoms with Crippen molar-refractivity contribution in [1.82, 2.24) is 3.89 Å². The largest absolute Gasteiger partial charge is 0.540 e. The Labute approximate surface area is 116 Å². The number of nitrogens with zero attached hydrogens (tertiary/aromatic N) is 1. The van der Waals surface area contributed by atoms with Crippen LogP contribution >= 0.6 is 35.1 Å². The molecule has 1 aromatic carbocycles. The van der Waals surface area contributed by atoms with Gasteiger partial charge in [0.25, 0.3) is 0 Å². The van der Waals surface area contributed by atoms with Gasteiger partial charge in [0.05, 0.1) is 0 Å². The number of rotatable bonds is 3. The van der Waals surface area contributed by atoms with E-state index in [1.807, 2.05) is 0 Å². The highest BCUT2D eigenvalue weighted by molar-refractivity contribution is 8.03. The minimum atomic E-state index is -3.00. The third-order valence-corrected chi connectivity index (χ3v) is 3.38. The number of benzene rings is 1. The van der Waals surface area contributed by atoms with Crippen molar-refractivity contribution in [3.8, 4) is 0 Å². The molecule has 1 unspecified atom stereocenters. The number of para-hydroxylation sites is 1.